The molecule has 1 aromatic heterocycles. The molecule has 2 aromatic carbocycles. The molecule has 0 unspecified atom stereocenters. The molecule has 45 heavy (non-hydrogen) atoms. The molecule has 0 fully saturated rings. The summed E-state index contributed by atoms with van der Waals surface area (Å²) >= 11 is 0. The normalized spacial score (nSPS) is 17.8. The van der Waals surface area contributed by atoms with Crippen molar-refractivity contribution < 1.29 is 51.2 Å². The highest BCUT2D eigenvalue weighted by Crippen LogP contribution is 2.46. The molecule has 0 saturated carbocycles. The number of halogens is 4. The van der Waals surface area contributed by atoms with Crippen LogP contribution in [0.15, 0.2) is 48.5 Å². The Hall–Kier alpha value is -4.43. The van der Waals surface area contributed by atoms with E-state index in [1.54, 1.807) is 20.8 Å². The molecule has 1 aliphatic heterocycles. The summed E-state index contributed by atoms with van der Waals surface area (Å²) in [7, 11) is 1.31. The zero-order chi connectivity index (χ0) is 33.2. The third kappa shape index (κ3) is 7.12. The van der Waals surface area contributed by atoms with Gasteiger partial charge in [-0.3, -0.25) is 9.59 Å². The number of ether oxygens (including phenoxy) is 4. The van der Waals surface area contributed by atoms with Crippen molar-refractivity contribution in [3.05, 3.63) is 71.2 Å². The predicted octanol–water partition coefficient (Wildman–Crippen LogP) is 4.36. The molecule has 4 rings (SSSR count). The molecule has 3 atom stereocenters. The maximum atomic E-state index is 14.6. The highest BCUT2D eigenvalue weighted by atomic mass is 19.4. The molecule has 3 aromatic rings. The lowest BCUT2D eigenvalue weighted by molar-refractivity contribution is -0.265. The first-order valence-electron chi connectivity index (χ1n) is 13.9. The van der Waals surface area contributed by atoms with Crippen LogP contribution in [-0.4, -0.2) is 61.1 Å². The van der Waals surface area contributed by atoms with Crippen molar-refractivity contribution in [3.63, 3.8) is 0 Å². The summed E-state index contributed by atoms with van der Waals surface area (Å²) < 4.78 is 79.0. The number of nitrogens with two attached hydrogens (primary N) is 1. The number of nitrogens with zero attached hydrogens (tertiary/aromatic N) is 1. The molecular weight excluding hydrogens is 602 g/mol. The Labute approximate surface area is 256 Å². The van der Waals surface area contributed by atoms with Crippen molar-refractivity contribution in [3.8, 4) is 28.5 Å². The Kier molecular flexibility index (Phi) is 9.59. The van der Waals surface area contributed by atoms with Crippen LogP contribution in [0, 0.1) is 5.82 Å². The van der Waals surface area contributed by atoms with Crippen molar-refractivity contribution in [2.45, 2.75) is 50.6 Å². The molecule has 0 saturated heterocycles. The first-order valence-corrected chi connectivity index (χ1v) is 13.9. The summed E-state index contributed by atoms with van der Waals surface area (Å²) in [5.74, 6) is -1.54. The van der Waals surface area contributed by atoms with E-state index >= 15 is 0 Å². The maximum absolute atomic E-state index is 14.6. The second kappa shape index (κ2) is 12.9. The highest BCUT2D eigenvalue weighted by molar-refractivity contribution is 5.95. The fraction of sp³-hybridized carbons (Fsp3) is 0.387. The van der Waals surface area contributed by atoms with Gasteiger partial charge in [0.15, 0.2) is 17.2 Å². The van der Waals surface area contributed by atoms with Gasteiger partial charge in [-0.15, -0.1) is 0 Å². The molecule has 0 spiro atoms. The number of fused-ring (bicyclic) bond motifs is 1. The summed E-state index contributed by atoms with van der Waals surface area (Å²) in [5.41, 5.74) is 0.778. The first kappa shape index (κ1) is 33.5. The van der Waals surface area contributed by atoms with E-state index in [2.05, 4.69) is 10.3 Å². The van der Waals surface area contributed by atoms with Gasteiger partial charge in [0.25, 0.3) is 5.91 Å². The zero-order valence-electron chi connectivity index (χ0n) is 25.0. The van der Waals surface area contributed by atoms with E-state index in [4.69, 9.17) is 24.7 Å². The van der Waals surface area contributed by atoms with Crippen molar-refractivity contribution in [2.24, 2.45) is 5.73 Å². The maximum Gasteiger partial charge on any atom is 0.424 e. The van der Waals surface area contributed by atoms with Crippen LogP contribution in [0.2, 0.25) is 0 Å². The van der Waals surface area contributed by atoms with Crippen molar-refractivity contribution in [1.82, 2.24) is 10.3 Å². The second-order valence-corrected chi connectivity index (χ2v) is 10.8. The Morgan fingerprint density at radius 3 is 2.47 bits per heavy atom. The summed E-state index contributed by atoms with van der Waals surface area (Å²) in [5, 5.41) is 13.3. The molecule has 4 N–H and O–H groups in total. The van der Waals surface area contributed by atoms with E-state index in [1.807, 2.05) is 0 Å². The Balaban J connectivity index is 1.61. The first-order chi connectivity index (χ1) is 21.1. The van der Waals surface area contributed by atoms with E-state index in [-0.39, 0.29) is 59.3 Å². The number of carbonyl (C=O) groups excluding carboxylic acids is 2. The Bertz CT molecular complexity index is 1560. The van der Waals surface area contributed by atoms with Gasteiger partial charge in [-0.2, -0.15) is 13.2 Å². The predicted molar refractivity (Wildman–Crippen MR) is 153 cm³/mol. The van der Waals surface area contributed by atoms with Gasteiger partial charge in [-0.1, -0.05) is 6.92 Å². The number of carbonyl (C=O) groups is 2. The molecule has 0 bridgehead atoms. The fourth-order valence-electron chi connectivity index (χ4n) is 4.54. The SMILES string of the molecule is CCC(=O)O[C@H](C)COc1ccc(C(=O)NC[C@@](O)(c2cc3c(c(-c4ccc(F)cc4)n2)OC[C@@]3(C)N)C(F)(F)F)cc1OC. The number of hydrogen-bond acceptors (Lipinski definition) is 9. The van der Waals surface area contributed by atoms with Gasteiger partial charge in [-0.05, 0) is 62.4 Å². The Morgan fingerprint density at radius 2 is 1.84 bits per heavy atom. The number of esters is 1. The van der Waals surface area contributed by atoms with Gasteiger partial charge in [0.05, 0.1) is 24.9 Å². The second-order valence-electron chi connectivity index (χ2n) is 10.8. The number of aliphatic hydroxyl groups is 1. The molecule has 1 aliphatic rings. The van der Waals surface area contributed by atoms with Crippen LogP contribution in [0.1, 0.15) is 48.8 Å². The number of alkyl halides is 3. The van der Waals surface area contributed by atoms with Gasteiger partial charge in [0.1, 0.15) is 30.8 Å². The van der Waals surface area contributed by atoms with E-state index < -0.39 is 53.4 Å². The number of nitrogens with one attached hydrogen (secondary N) is 1. The summed E-state index contributed by atoms with van der Waals surface area (Å²) in [6.07, 6.45) is -5.69. The molecule has 10 nitrogen and oxygen atoms in total. The lowest BCUT2D eigenvalue weighted by Gasteiger charge is -2.31. The molecule has 242 valence electrons. The quantitative estimate of drug-likeness (QED) is 0.207. The van der Waals surface area contributed by atoms with Gasteiger partial charge in [0, 0.05) is 23.1 Å². The molecule has 2 heterocycles. The van der Waals surface area contributed by atoms with Gasteiger partial charge >= 0.3 is 12.1 Å². The van der Waals surface area contributed by atoms with Gasteiger partial charge in [0.2, 0.25) is 5.60 Å². The number of pyridine rings is 1. The van der Waals surface area contributed by atoms with Crippen LogP contribution < -0.4 is 25.3 Å². The van der Waals surface area contributed by atoms with Crippen molar-refractivity contribution in [1.29, 1.82) is 0 Å². The van der Waals surface area contributed by atoms with Crippen LogP contribution in [0.4, 0.5) is 17.6 Å². The number of rotatable bonds is 11. The number of aromatic nitrogens is 1. The number of benzene rings is 2. The van der Waals surface area contributed by atoms with E-state index in [0.717, 1.165) is 18.2 Å². The molecular formula is C31H33F4N3O7. The molecule has 0 aliphatic carbocycles. The molecule has 1 amide bonds. The summed E-state index contributed by atoms with van der Waals surface area (Å²) in [4.78, 5) is 28.6. The smallest absolute Gasteiger partial charge is 0.424 e. The standard InChI is InChI=1S/C31H33F4N3O7/c1-5-25(39)45-17(2)14-43-22-11-8-19(12-23(22)42-4)28(40)37-15-30(41,31(33,34)35)24-13-21-27(44-16-29(21,3)36)26(38-24)18-6-9-20(32)10-7-18/h6-13,17,41H,5,14-16,36H2,1-4H3,(H,37,40)/t17-,29-,30-/m1/s1. The minimum atomic E-state index is -5.31. The van der Waals surface area contributed by atoms with Crippen LogP contribution in [0.3, 0.4) is 0 Å². The lowest BCUT2D eigenvalue weighted by atomic mass is 9.89. The minimum absolute atomic E-state index is 0.0210. The number of methoxy groups -OCH3 is 1. The van der Waals surface area contributed by atoms with Crippen LogP contribution in [0.25, 0.3) is 11.3 Å². The van der Waals surface area contributed by atoms with Crippen LogP contribution >= 0.6 is 0 Å². The zero-order valence-corrected chi connectivity index (χ0v) is 25.0. The fourth-order valence-corrected chi connectivity index (χ4v) is 4.54. The minimum Gasteiger partial charge on any atom is -0.493 e. The van der Waals surface area contributed by atoms with Gasteiger partial charge in [-0.25, -0.2) is 9.37 Å². The monoisotopic (exact) mass is 635 g/mol. The van der Waals surface area contributed by atoms with Gasteiger partial charge < -0.3 is 35.1 Å². The van der Waals surface area contributed by atoms with Crippen LogP contribution in [-0.2, 0) is 20.7 Å². The number of amides is 1. The summed E-state index contributed by atoms with van der Waals surface area (Å²) in [6, 6.07) is 9.75. The van der Waals surface area contributed by atoms with Crippen LogP contribution in [0.5, 0.6) is 17.2 Å². The lowest BCUT2D eigenvalue weighted by Crippen LogP contribution is -2.51. The third-order valence-electron chi connectivity index (χ3n) is 7.14. The highest BCUT2D eigenvalue weighted by Gasteiger charge is 2.57. The molecule has 0 radical (unpaired) electrons. The molecule has 14 heteroatoms. The van der Waals surface area contributed by atoms with E-state index in [9.17, 15) is 32.3 Å². The largest absolute Gasteiger partial charge is 0.493 e. The third-order valence-corrected chi connectivity index (χ3v) is 7.14. The van der Waals surface area contributed by atoms with E-state index in [1.165, 1.54) is 37.4 Å². The average molecular weight is 636 g/mol. The summed E-state index contributed by atoms with van der Waals surface area (Å²) in [6.45, 7) is 3.41. The van der Waals surface area contributed by atoms with Crippen molar-refractivity contribution in [2.75, 3.05) is 26.9 Å². The topological polar surface area (TPSA) is 142 Å². The van der Waals surface area contributed by atoms with E-state index in [0.29, 0.717) is 0 Å². The Morgan fingerprint density at radius 1 is 1.16 bits per heavy atom. The average Bonchev–Trinajstić information content (AvgIpc) is 3.31. The van der Waals surface area contributed by atoms with Crippen molar-refractivity contribution >= 4 is 11.9 Å². The number of hydrogen-bond donors (Lipinski definition) is 3.